The van der Waals surface area contributed by atoms with Crippen LogP contribution in [0.5, 0.6) is 0 Å². The van der Waals surface area contributed by atoms with E-state index in [2.05, 4.69) is 15.4 Å². The topological polar surface area (TPSA) is 79.6 Å². The number of fused-ring (bicyclic) bond motifs is 1. The maximum absolute atomic E-state index is 13.1. The highest BCUT2D eigenvalue weighted by Gasteiger charge is 2.49. The number of hydrogen-bond donors (Lipinski definition) is 1. The predicted octanol–water partition coefficient (Wildman–Crippen LogP) is 2.89. The van der Waals surface area contributed by atoms with Gasteiger partial charge >= 0.3 is 0 Å². The van der Waals surface area contributed by atoms with E-state index in [1.54, 1.807) is 40.5 Å². The number of amides is 2. The predicted molar refractivity (Wildman–Crippen MR) is 106 cm³/mol. The Morgan fingerprint density at radius 2 is 2.11 bits per heavy atom. The van der Waals surface area contributed by atoms with Gasteiger partial charge < -0.3 is 10.2 Å². The van der Waals surface area contributed by atoms with E-state index in [-0.39, 0.29) is 23.3 Å². The lowest BCUT2D eigenvalue weighted by Gasteiger charge is -2.35. The molecule has 28 heavy (non-hydrogen) atoms. The summed E-state index contributed by atoms with van der Waals surface area (Å²) in [6.07, 6.45) is 9.18. The third-order valence-corrected chi connectivity index (χ3v) is 6.98. The normalized spacial score (nSPS) is 24.9. The smallest absolute Gasteiger partial charge is 0.256 e. The molecule has 2 aliphatic rings. The molecule has 0 aromatic carbocycles. The molecular weight excluding hydrogens is 374 g/mol. The lowest BCUT2D eigenvalue weighted by Crippen LogP contribution is -2.43. The first-order valence-electron chi connectivity index (χ1n) is 9.61. The molecule has 8 heteroatoms. The largest absolute Gasteiger partial charge is 0.349 e. The van der Waals surface area contributed by atoms with Crippen molar-refractivity contribution in [2.45, 2.75) is 38.1 Å². The van der Waals surface area contributed by atoms with Crippen LogP contribution in [0.1, 0.15) is 42.5 Å². The van der Waals surface area contributed by atoms with Crippen molar-refractivity contribution in [2.75, 3.05) is 11.4 Å². The summed E-state index contributed by atoms with van der Waals surface area (Å²) in [5, 5.41) is 10.3. The molecule has 2 fully saturated rings. The minimum Gasteiger partial charge on any atom is -0.349 e. The third-order valence-electron chi connectivity index (χ3n) is 6.09. The summed E-state index contributed by atoms with van der Waals surface area (Å²) in [6, 6.07) is 5.86. The van der Waals surface area contributed by atoms with Crippen LogP contribution >= 0.6 is 11.3 Å². The molecule has 0 atom stereocenters. The van der Waals surface area contributed by atoms with Crippen molar-refractivity contribution in [3.05, 3.63) is 47.7 Å². The molecule has 0 bridgehead atoms. The van der Waals surface area contributed by atoms with Crippen LogP contribution in [-0.2, 0) is 4.79 Å². The summed E-state index contributed by atoms with van der Waals surface area (Å²) in [6.45, 7) is 0.796. The van der Waals surface area contributed by atoms with Crippen molar-refractivity contribution in [2.24, 2.45) is 5.41 Å². The molecule has 1 N–H and O–H groups in total. The van der Waals surface area contributed by atoms with Crippen molar-refractivity contribution < 1.29 is 9.59 Å². The van der Waals surface area contributed by atoms with Gasteiger partial charge in [-0.3, -0.25) is 9.59 Å². The van der Waals surface area contributed by atoms with Gasteiger partial charge in [0.05, 0.1) is 16.6 Å². The van der Waals surface area contributed by atoms with Crippen LogP contribution < -0.4 is 10.2 Å². The SMILES string of the molecule is O=C(N[C@H]1CC[C@@]2(CCN(c3cccs3)C2=O)CC1)c1cnn2cccnc12. The number of rotatable bonds is 3. The van der Waals surface area contributed by atoms with Crippen LogP contribution in [0.15, 0.2) is 42.2 Å². The molecule has 7 nitrogen and oxygen atoms in total. The number of thiophene rings is 1. The first-order chi connectivity index (χ1) is 13.7. The number of nitrogens with one attached hydrogen (secondary N) is 1. The highest BCUT2D eigenvalue weighted by Crippen LogP contribution is 2.46. The van der Waals surface area contributed by atoms with Gasteiger partial charge in [0.15, 0.2) is 5.65 Å². The van der Waals surface area contributed by atoms with E-state index < -0.39 is 0 Å². The van der Waals surface area contributed by atoms with Gasteiger partial charge in [-0.2, -0.15) is 5.10 Å². The summed E-state index contributed by atoms with van der Waals surface area (Å²) in [4.78, 5) is 31.9. The fourth-order valence-corrected chi connectivity index (χ4v) is 5.24. The summed E-state index contributed by atoms with van der Waals surface area (Å²) < 4.78 is 1.60. The Bertz CT molecular complexity index is 1020. The van der Waals surface area contributed by atoms with Crippen molar-refractivity contribution >= 4 is 33.8 Å². The van der Waals surface area contributed by atoms with E-state index in [1.807, 2.05) is 22.4 Å². The quantitative estimate of drug-likeness (QED) is 0.740. The summed E-state index contributed by atoms with van der Waals surface area (Å²) in [5.41, 5.74) is 0.795. The Balaban J connectivity index is 1.24. The Kier molecular flexibility index (Phi) is 4.16. The number of aromatic nitrogens is 3. The zero-order valence-corrected chi connectivity index (χ0v) is 16.2. The lowest BCUT2D eigenvalue weighted by atomic mass is 9.71. The molecule has 0 unspecified atom stereocenters. The van der Waals surface area contributed by atoms with E-state index in [9.17, 15) is 9.59 Å². The van der Waals surface area contributed by atoms with Crippen LogP contribution in [0.2, 0.25) is 0 Å². The number of carbonyl (C=O) groups excluding carboxylic acids is 2. The second-order valence-corrected chi connectivity index (χ2v) is 8.56. The molecule has 1 saturated carbocycles. The van der Waals surface area contributed by atoms with E-state index in [1.165, 1.54) is 0 Å². The van der Waals surface area contributed by atoms with E-state index in [4.69, 9.17) is 0 Å². The monoisotopic (exact) mass is 395 g/mol. The van der Waals surface area contributed by atoms with Gasteiger partial charge in [-0.1, -0.05) is 0 Å². The molecule has 0 radical (unpaired) electrons. The first-order valence-corrected chi connectivity index (χ1v) is 10.5. The molecule has 2 amide bonds. The molecule has 144 valence electrons. The number of anilines is 1. The molecule has 3 aromatic rings. The highest BCUT2D eigenvalue weighted by molar-refractivity contribution is 7.14. The van der Waals surface area contributed by atoms with Crippen LogP contribution in [-0.4, -0.2) is 39.0 Å². The lowest BCUT2D eigenvalue weighted by molar-refractivity contribution is -0.127. The Morgan fingerprint density at radius 3 is 2.89 bits per heavy atom. The standard InChI is InChI=1S/C20H21N5O2S/c26-18(15-13-22-25-10-2-9-21-17(15)25)23-14-4-6-20(7-5-14)8-11-24(19(20)27)16-3-1-12-28-16/h1-3,9-10,12-14H,4-8,11H2,(H,23,26)/t14-,20-. The second kappa shape index (κ2) is 6.70. The molecule has 1 aliphatic heterocycles. The Morgan fingerprint density at radius 1 is 1.25 bits per heavy atom. The second-order valence-electron chi connectivity index (χ2n) is 7.63. The fraction of sp³-hybridized carbons (Fsp3) is 0.400. The van der Waals surface area contributed by atoms with Crippen molar-refractivity contribution in [3.8, 4) is 0 Å². The maximum Gasteiger partial charge on any atom is 0.256 e. The third kappa shape index (κ3) is 2.79. The number of nitrogens with zero attached hydrogens (tertiary/aromatic N) is 4. The molecule has 5 rings (SSSR count). The van der Waals surface area contributed by atoms with Gasteiger partial charge in [-0.15, -0.1) is 11.3 Å². The van der Waals surface area contributed by atoms with E-state index >= 15 is 0 Å². The zero-order chi connectivity index (χ0) is 19.1. The summed E-state index contributed by atoms with van der Waals surface area (Å²) >= 11 is 1.61. The summed E-state index contributed by atoms with van der Waals surface area (Å²) in [5.74, 6) is 0.110. The number of hydrogen-bond acceptors (Lipinski definition) is 5. The van der Waals surface area contributed by atoms with Gasteiger partial charge in [-0.25, -0.2) is 9.50 Å². The minimum absolute atomic E-state index is 0.0837. The molecule has 4 heterocycles. The van der Waals surface area contributed by atoms with Gasteiger partial charge in [0.25, 0.3) is 5.91 Å². The molecule has 1 aliphatic carbocycles. The van der Waals surface area contributed by atoms with Crippen molar-refractivity contribution in [1.29, 1.82) is 0 Å². The van der Waals surface area contributed by atoms with Gasteiger partial charge in [0.1, 0.15) is 5.56 Å². The van der Waals surface area contributed by atoms with E-state index in [0.717, 1.165) is 43.6 Å². The minimum atomic E-state index is -0.253. The van der Waals surface area contributed by atoms with Crippen LogP contribution in [0.3, 0.4) is 0 Å². The van der Waals surface area contributed by atoms with Crippen molar-refractivity contribution in [3.63, 3.8) is 0 Å². The Hall–Kier alpha value is -2.74. The van der Waals surface area contributed by atoms with Gasteiger partial charge in [-0.05, 0) is 55.7 Å². The zero-order valence-electron chi connectivity index (χ0n) is 15.4. The maximum atomic E-state index is 13.1. The average molecular weight is 395 g/mol. The van der Waals surface area contributed by atoms with E-state index in [0.29, 0.717) is 11.2 Å². The molecule has 3 aromatic heterocycles. The summed E-state index contributed by atoms with van der Waals surface area (Å²) in [7, 11) is 0. The van der Waals surface area contributed by atoms with Crippen LogP contribution in [0, 0.1) is 5.41 Å². The first kappa shape index (κ1) is 17.4. The Labute approximate surface area is 166 Å². The van der Waals surface area contributed by atoms with Gasteiger partial charge in [0.2, 0.25) is 5.91 Å². The number of carbonyl (C=O) groups is 2. The van der Waals surface area contributed by atoms with Gasteiger partial charge in [0, 0.05) is 25.0 Å². The fourth-order valence-electron chi connectivity index (χ4n) is 4.48. The molecular formula is C20H21N5O2S. The van der Waals surface area contributed by atoms with Crippen LogP contribution in [0.4, 0.5) is 5.00 Å². The highest BCUT2D eigenvalue weighted by atomic mass is 32.1. The average Bonchev–Trinajstić information content (AvgIpc) is 3.44. The molecule has 1 spiro atoms. The van der Waals surface area contributed by atoms with Crippen LogP contribution in [0.25, 0.3) is 5.65 Å². The van der Waals surface area contributed by atoms with Crippen molar-refractivity contribution in [1.82, 2.24) is 19.9 Å². The molecule has 1 saturated heterocycles.